The van der Waals surface area contributed by atoms with Crippen LogP contribution in [0.5, 0.6) is 6.01 Å². The van der Waals surface area contributed by atoms with Crippen LogP contribution >= 0.6 is 11.3 Å². The number of anilines is 1. The van der Waals surface area contributed by atoms with Crippen molar-refractivity contribution in [1.82, 2.24) is 34.5 Å². The Morgan fingerprint density at radius 3 is 2.60 bits per heavy atom. The Morgan fingerprint density at radius 2 is 1.89 bits per heavy atom. The number of aromatic nitrogens is 5. The van der Waals surface area contributed by atoms with E-state index in [4.69, 9.17) is 35.6 Å². The van der Waals surface area contributed by atoms with Gasteiger partial charge in [-0.15, -0.1) is 23.7 Å². The second-order valence-electron chi connectivity index (χ2n) is 18.9. The molecule has 0 saturated carbocycles. The van der Waals surface area contributed by atoms with E-state index in [1.807, 2.05) is 31.7 Å². The highest BCUT2D eigenvalue weighted by Crippen LogP contribution is 2.49. The van der Waals surface area contributed by atoms with Gasteiger partial charge < -0.3 is 24.0 Å². The number of nitrogens with zero attached hydrogens (tertiary/aromatic N) is 8. The van der Waals surface area contributed by atoms with Crippen molar-refractivity contribution in [2.24, 2.45) is 5.41 Å². The molecule has 4 aliphatic rings. The molecule has 0 spiro atoms. The van der Waals surface area contributed by atoms with Crippen LogP contribution in [0, 0.1) is 24.7 Å². The van der Waals surface area contributed by atoms with Gasteiger partial charge >= 0.3 is 18.3 Å². The molecule has 4 fully saturated rings. The van der Waals surface area contributed by atoms with E-state index in [-0.39, 0.29) is 52.7 Å². The number of piperazine rings is 1. The third kappa shape index (κ3) is 8.16. The molecule has 16 heteroatoms. The van der Waals surface area contributed by atoms with Gasteiger partial charge in [-0.2, -0.15) is 28.2 Å². The Morgan fingerprint density at radius 1 is 1.10 bits per heavy atom. The number of pyridine rings is 1. The van der Waals surface area contributed by atoms with Crippen LogP contribution in [0.3, 0.4) is 0 Å². The summed E-state index contributed by atoms with van der Waals surface area (Å²) in [6, 6.07) is 3.40. The number of fused-ring (bicyclic) bond motifs is 6. The molecule has 0 radical (unpaired) electrons. The van der Waals surface area contributed by atoms with Crippen molar-refractivity contribution in [3.63, 3.8) is 0 Å². The number of carbonyl (C=O) groups is 1. The number of unbranched alkanes of at least 4 members (excludes halogenated alkanes) is 1. The summed E-state index contributed by atoms with van der Waals surface area (Å²) in [7, 11) is 0. The van der Waals surface area contributed by atoms with Gasteiger partial charge in [-0.25, -0.2) is 9.48 Å². The lowest BCUT2D eigenvalue weighted by Crippen LogP contribution is -2.57. The van der Waals surface area contributed by atoms with Crippen LogP contribution in [0.25, 0.3) is 42.5 Å². The van der Waals surface area contributed by atoms with Gasteiger partial charge in [-0.3, -0.25) is 9.88 Å². The largest absolute Gasteiger partial charge is 0.463 e. The summed E-state index contributed by atoms with van der Waals surface area (Å²) >= 11 is 1.30. The molecule has 2 bridgehead atoms. The number of ether oxygens (including phenoxy) is 3. The van der Waals surface area contributed by atoms with Crippen LogP contribution in [0.1, 0.15) is 103 Å². The van der Waals surface area contributed by atoms with Gasteiger partial charge in [-0.05, 0) is 110 Å². The van der Waals surface area contributed by atoms with Crippen molar-refractivity contribution >= 4 is 54.5 Å². The summed E-state index contributed by atoms with van der Waals surface area (Å²) in [6.45, 7) is 14.1. The number of benzene rings is 1. The number of terminal acetylenes is 1. The van der Waals surface area contributed by atoms with Gasteiger partial charge in [0.25, 0.3) is 0 Å². The smallest absolute Gasteiger partial charge is 0.417 e. The number of hydrogen-bond acceptors (Lipinski definition) is 11. The first-order valence-corrected chi connectivity index (χ1v) is 22.8. The molecule has 1 aromatic carbocycles. The maximum Gasteiger partial charge on any atom is 0.417 e. The molecular weight excluding hydrogens is 818 g/mol. The van der Waals surface area contributed by atoms with Crippen molar-refractivity contribution in [1.29, 1.82) is 0 Å². The molecule has 330 valence electrons. The Kier molecular flexibility index (Phi) is 11.3. The highest BCUT2D eigenvalue weighted by molar-refractivity contribution is 7.26. The molecule has 9 rings (SSSR count). The van der Waals surface area contributed by atoms with Crippen molar-refractivity contribution in [2.45, 2.75) is 122 Å². The van der Waals surface area contributed by atoms with E-state index in [1.54, 1.807) is 16.9 Å². The molecule has 1 amide bonds. The number of carbonyl (C=O) groups excluding carboxylic acids is 1. The zero-order valence-corrected chi connectivity index (χ0v) is 37.0. The van der Waals surface area contributed by atoms with E-state index in [9.17, 15) is 4.79 Å². The molecule has 4 atom stereocenters. The van der Waals surface area contributed by atoms with E-state index in [1.165, 1.54) is 24.5 Å². The van der Waals surface area contributed by atoms with Crippen molar-refractivity contribution in [3.8, 4) is 29.6 Å². The zero-order valence-electron chi connectivity index (χ0n) is 36.2. The Balaban J connectivity index is 1.16. The summed E-state index contributed by atoms with van der Waals surface area (Å²) in [4.78, 5) is 35.5. The predicted molar refractivity (Wildman–Crippen MR) is 234 cm³/mol. The predicted octanol–water partition coefficient (Wildman–Crippen LogP) is 9.76. The summed E-state index contributed by atoms with van der Waals surface area (Å²) in [5.41, 5.74) is -0.691. The Labute approximate surface area is 364 Å². The van der Waals surface area contributed by atoms with Gasteiger partial charge in [-0.1, -0.05) is 6.92 Å². The van der Waals surface area contributed by atoms with Crippen LogP contribution in [0.15, 0.2) is 24.5 Å². The molecule has 12 nitrogen and oxygen atoms in total. The molecule has 0 N–H and O–H groups in total. The van der Waals surface area contributed by atoms with Crippen molar-refractivity contribution in [2.75, 3.05) is 50.8 Å². The van der Waals surface area contributed by atoms with Gasteiger partial charge in [0.15, 0.2) is 6.23 Å². The lowest BCUT2D eigenvalue weighted by Gasteiger charge is -2.42. The topological polar surface area (TPSA) is 111 Å². The van der Waals surface area contributed by atoms with Crippen LogP contribution in [0.4, 0.5) is 23.8 Å². The maximum atomic E-state index is 15.3. The monoisotopic (exact) mass is 872 g/mol. The average molecular weight is 873 g/mol. The SMILES string of the molecule is C#CCCCN1CCCC(C)(COc2nc(N3C[C@H]4CC[C@@H](C3)N4C(=O)OC(C)(C)C)c3c(n2)sc2c(-c4c(C(F)(F)F)c(C)cc5c4cnn5C4CCCCO4)nccc23)C1. The first-order valence-electron chi connectivity index (χ1n) is 21.9. The Bertz CT molecular complexity index is 2530. The summed E-state index contributed by atoms with van der Waals surface area (Å²) in [5.74, 6) is 3.37. The minimum Gasteiger partial charge on any atom is -0.463 e. The molecule has 4 aliphatic heterocycles. The summed E-state index contributed by atoms with van der Waals surface area (Å²) in [6.07, 6.45) is 11.2. The van der Waals surface area contributed by atoms with Crippen LogP contribution in [-0.4, -0.2) is 104 Å². The second kappa shape index (κ2) is 16.4. The van der Waals surface area contributed by atoms with E-state index < -0.39 is 17.3 Å². The average Bonchev–Trinajstić information content (AvgIpc) is 3.90. The normalized spacial score (nSPS) is 23.7. The number of rotatable bonds is 9. The quantitative estimate of drug-likeness (QED) is 0.105. The third-order valence-electron chi connectivity index (χ3n) is 12.8. The van der Waals surface area contributed by atoms with E-state index in [0.29, 0.717) is 57.9 Å². The van der Waals surface area contributed by atoms with Crippen LogP contribution in [-0.2, 0) is 15.7 Å². The van der Waals surface area contributed by atoms with Crippen molar-refractivity contribution in [3.05, 3.63) is 35.7 Å². The number of aryl methyl sites for hydroxylation is 1. The lowest BCUT2D eigenvalue weighted by atomic mass is 9.82. The Hall–Kier alpha value is -4.72. The first kappa shape index (κ1) is 42.6. The summed E-state index contributed by atoms with van der Waals surface area (Å²) in [5, 5.41) is 6.41. The number of hydrogen-bond donors (Lipinski definition) is 0. The van der Waals surface area contributed by atoms with Gasteiger partial charge in [0.1, 0.15) is 16.2 Å². The molecule has 0 aliphatic carbocycles. The number of piperidine rings is 1. The lowest BCUT2D eigenvalue weighted by molar-refractivity contribution is -0.137. The van der Waals surface area contributed by atoms with Crippen LogP contribution in [0.2, 0.25) is 0 Å². The molecule has 4 aromatic heterocycles. The minimum atomic E-state index is -4.68. The zero-order chi connectivity index (χ0) is 43.6. The highest BCUT2D eigenvalue weighted by Gasteiger charge is 2.46. The van der Waals surface area contributed by atoms with E-state index in [2.05, 4.69) is 27.7 Å². The van der Waals surface area contributed by atoms with Gasteiger partial charge in [0, 0.05) is 60.6 Å². The van der Waals surface area contributed by atoms with E-state index in [0.717, 1.165) is 82.8 Å². The molecule has 4 saturated heterocycles. The first-order chi connectivity index (χ1) is 29.6. The molecular formula is C46H55F3N8O4S. The fourth-order valence-electron chi connectivity index (χ4n) is 10.2. The fraction of sp³-hybridized carbons (Fsp3) is 0.587. The second-order valence-corrected chi connectivity index (χ2v) is 19.9. The number of alkyl halides is 3. The maximum absolute atomic E-state index is 15.3. The molecule has 8 heterocycles. The number of amides is 1. The highest BCUT2D eigenvalue weighted by atomic mass is 32.1. The molecule has 62 heavy (non-hydrogen) atoms. The number of thiophene rings is 1. The molecule has 5 aromatic rings. The van der Waals surface area contributed by atoms with E-state index >= 15 is 13.2 Å². The fourth-order valence-corrected chi connectivity index (χ4v) is 11.3. The number of halogens is 3. The molecule has 2 unspecified atom stereocenters. The standard InChI is InChI=1S/C46H55F3N8O4S/c1-7-8-10-19-54-20-12-17-45(6,26-54)27-60-42-52-40(55-24-29-14-15-30(25-55)56(29)43(58)61-44(3,4)5)36-31-16-18-50-38(39(31)62-41(36)53-42)35-32-23-51-57(34-13-9-11-21-59-34)33(32)22-28(2)37(35)46(47,48)49/h1,16,18,22-23,29-30,34H,8-15,17,19-21,24-27H2,2-6H3/t29-,30+,34?,45?. The minimum absolute atomic E-state index is 0.0151. The van der Waals surface area contributed by atoms with Crippen molar-refractivity contribution < 1.29 is 32.2 Å². The number of likely N-dealkylation sites (tertiary alicyclic amines) is 1. The van der Waals surface area contributed by atoms with Crippen LogP contribution < -0.4 is 9.64 Å². The third-order valence-corrected chi connectivity index (χ3v) is 14.0. The van der Waals surface area contributed by atoms with Gasteiger partial charge in [0.05, 0.1) is 51.7 Å². The van der Waals surface area contributed by atoms with Gasteiger partial charge in [0.2, 0.25) is 0 Å². The summed E-state index contributed by atoms with van der Waals surface area (Å²) < 4.78 is 66.7.